The van der Waals surface area contributed by atoms with Gasteiger partial charge in [-0.3, -0.25) is 9.59 Å². The molecule has 4 nitrogen and oxygen atoms in total. The van der Waals surface area contributed by atoms with Crippen LogP contribution < -0.4 is 9.47 Å². The van der Waals surface area contributed by atoms with Gasteiger partial charge in [-0.15, -0.1) is 0 Å². The molecule has 0 bridgehead atoms. The van der Waals surface area contributed by atoms with Crippen molar-refractivity contribution >= 4 is 12.6 Å². The van der Waals surface area contributed by atoms with Gasteiger partial charge in [0.2, 0.25) is 0 Å². The molecule has 0 saturated heterocycles. The molecule has 0 N–H and O–H groups in total. The van der Waals surface area contributed by atoms with Crippen LogP contribution in [0.15, 0.2) is 60.7 Å². The quantitative estimate of drug-likeness (QED) is 0.554. The fourth-order valence-corrected chi connectivity index (χ4v) is 1.71. The van der Waals surface area contributed by atoms with Crippen LogP contribution in [-0.2, 0) is 0 Å². The van der Waals surface area contributed by atoms with E-state index in [4.69, 9.17) is 9.47 Å². The minimum atomic E-state index is 0.424. The smallest absolute Gasteiger partial charge is 0.150 e. The molecule has 0 saturated carbocycles. The fourth-order valence-electron chi connectivity index (χ4n) is 1.71. The van der Waals surface area contributed by atoms with Crippen molar-refractivity contribution < 1.29 is 19.1 Å². The number of hydrogen-bond acceptors (Lipinski definition) is 4. The summed E-state index contributed by atoms with van der Waals surface area (Å²) >= 11 is 0. The number of carbonyl (C=O) groups is 2. The molecule has 0 aromatic heterocycles. The number of rotatable bonds is 8. The van der Waals surface area contributed by atoms with Gasteiger partial charge >= 0.3 is 0 Å². The maximum atomic E-state index is 10.5. The molecule has 2 aromatic carbocycles. The van der Waals surface area contributed by atoms with Gasteiger partial charge in [-0.05, 0) is 60.7 Å². The molecular formula is C18H16O4. The zero-order valence-corrected chi connectivity index (χ0v) is 12.0. The second-order valence-corrected chi connectivity index (χ2v) is 4.47. The molecule has 112 valence electrons. The Balaban J connectivity index is 1.68. The van der Waals surface area contributed by atoms with Crippen LogP contribution >= 0.6 is 0 Å². The summed E-state index contributed by atoms with van der Waals surface area (Å²) in [6, 6.07) is 13.8. The van der Waals surface area contributed by atoms with Crippen LogP contribution in [0.3, 0.4) is 0 Å². The van der Waals surface area contributed by atoms with Crippen molar-refractivity contribution in [3.8, 4) is 11.5 Å². The van der Waals surface area contributed by atoms with Crippen molar-refractivity contribution in [2.45, 2.75) is 0 Å². The van der Waals surface area contributed by atoms with Gasteiger partial charge in [-0.25, -0.2) is 0 Å². The molecule has 0 aliphatic rings. The summed E-state index contributed by atoms with van der Waals surface area (Å²) in [7, 11) is 0. The third-order valence-electron chi connectivity index (χ3n) is 2.89. The predicted octanol–water partition coefficient (Wildman–Crippen LogP) is 3.33. The highest BCUT2D eigenvalue weighted by atomic mass is 16.5. The summed E-state index contributed by atoms with van der Waals surface area (Å²) in [6.07, 6.45) is 5.30. The Hall–Kier alpha value is -2.88. The van der Waals surface area contributed by atoms with Crippen molar-refractivity contribution in [3.05, 3.63) is 71.8 Å². The van der Waals surface area contributed by atoms with Crippen LogP contribution in [0.2, 0.25) is 0 Å². The molecule has 2 rings (SSSR count). The number of aldehydes is 2. The third kappa shape index (κ3) is 4.90. The van der Waals surface area contributed by atoms with E-state index in [1.165, 1.54) is 0 Å². The Morgan fingerprint density at radius 2 is 1.00 bits per heavy atom. The zero-order chi connectivity index (χ0) is 15.6. The van der Waals surface area contributed by atoms with Gasteiger partial charge in [0.25, 0.3) is 0 Å². The van der Waals surface area contributed by atoms with E-state index in [2.05, 4.69) is 0 Å². The first-order valence-corrected chi connectivity index (χ1v) is 6.83. The lowest BCUT2D eigenvalue weighted by Crippen LogP contribution is -1.97. The number of carbonyl (C=O) groups excluding carboxylic acids is 2. The van der Waals surface area contributed by atoms with Gasteiger partial charge < -0.3 is 9.47 Å². The van der Waals surface area contributed by atoms with Crippen molar-refractivity contribution in [1.82, 2.24) is 0 Å². The second kappa shape index (κ2) is 8.42. The van der Waals surface area contributed by atoms with Crippen molar-refractivity contribution in [2.24, 2.45) is 0 Å². The second-order valence-electron chi connectivity index (χ2n) is 4.47. The number of ether oxygens (including phenoxy) is 2. The minimum absolute atomic E-state index is 0.424. The summed E-state index contributed by atoms with van der Waals surface area (Å²) in [4.78, 5) is 21.0. The molecule has 0 radical (unpaired) electrons. The molecule has 0 spiro atoms. The van der Waals surface area contributed by atoms with E-state index < -0.39 is 0 Å². The first kappa shape index (κ1) is 15.5. The van der Waals surface area contributed by atoms with E-state index in [1.54, 1.807) is 48.5 Å². The van der Waals surface area contributed by atoms with Crippen LogP contribution in [0.5, 0.6) is 11.5 Å². The molecule has 4 heteroatoms. The Morgan fingerprint density at radius 3 is 1.32 bits per heavy atom. The van der Waals surface area contributed by atoms with Gasteiger partial charge in [0.15, 0.2) is 0 Å². The van der Waals surface area contributed by atoms with Crippen LogP contribution in [0.1, 0.15) is 20.7 Å². The van der Waals surface area contributed by atoms with Gasteiger partial charge in [0.1, 0.15) is 37.3 Å². The fraction of sp³-hybridized carbons (Fsp3) is 0.111. The van der Waals surface area contributed by atoms with Crippen LogP contribution in [0, 0.1) is 0 Å². The molecule has 0 unspecified atom stereocenters. The Kier molecular flexibility index (Phi) is 5.93. The molecule has 2 aromatic rings. The van der Waals surface area contributed by atoms with E-state index in [1.807, 2.05) is 12.2 Å². The van der Waals surface area contributed by atoms with Gasteiger partial charge in [-0.1, -0.05) is 0 Å². The highest BCUT2D eigenvalue weighted by Gasteiger charge is 1.94. The first-order valence-electron chi connectivity index (χ1n) is 6.83. The molecule has 0 heterocycles. The Bertz CT molecular complexity index is 570. The number of hydrogen-bond donors (Lipinski definition) is 0. The third-order valence-corrected chi connectivity index (χ3v) is 2.89. The van der Waals surface area contributed by atoms with Crippen molar-refractivity contribution in [2.75, 3.05) is 13.2 Å². The molecular weight excluding hydrogens is 280 g/mol. The highest BCUT2D eigenvalue weighted by molar-refractivity contribution is 5.75. The summed E-state index contributed by atoms with van der Waals surface area (Å²) in [5.41, 5.74) is 1.24. The van der Waals surface area contributed by atoms with Gasteiger partial charge in [0, 0.05) is 11.1 Å². The van der Waals surface area contributed by atoms with E-state index in [0.29, 0.717) is 35.8 Å². The van der Waals surface area contributed by atoms with Crippen molar-refractivity contribution in [1.29, 1.82) is 0 Å². The maximum absolute atomic E-state index is 10.5. The summed E-state index contributed by atoms with van der Waals surface area (Å²) in [5.74, 6) is 1.42. The monoisotopic (exact) mass is 296 g/mol. The SMILES string of the molecule is O=Cc1ccc(OCC=CCOc2ccc(C=O)cc2)cc1. The van der Waals surface area contributed by atoms with Crippen LogP contribution in [0.4, 0.5) is 0 Å². The molecule has 0 atom stereocenters. The molecule has 0 amide bonds. The first-order chi connectivity index (χ1) is 10.8. The lowest BCUT2D eigenvalue weighted by Gasteiger charge is -2.04. The highest BCUT2D eigenvalue weighted by Crippen LogP contribution is 2.12. The normalized spacial score (nSPS) is 10.4. The standard InChI is InChI=1S/C18H16O4/c19-13-15-3-7-17(8-4-15)21-11-1-2-12-22-18-9-5-16(14-20)6-10-18/h1-10,13-14H,11-12H2. The summed E-state index contributed by atoms with van der Waals surface area (Å²) < 4.78 is 11.0. The van der Waals surface area contributed by atoms with Crippen LogP contribution in [-0.4, -0.2) is 25.8 Å². The molecule has 0 aliphatic heterocycles. The lowest BCUT2D eigenvalue weighted by atomic mass is 10.2. The van der Waals surface area contributed by atoms with E-state index in [9.17, 15) is 9.59 Å². The zero-order valence-electron chi connectivity index (χ0n) is 12.0. The largest absolute Gasteiger partial charge is 0.490 e. The van der Waals surface area contributed by atoms with E-state index in [0.717, 1.165) is 12.6 Å². The average Bonchev–Trinajstić information content (AvgIpc) is 2.59. The van der Waals surface area contributed by atoms with Gasteiger partial charge in [-0.2, -0.15) is 0 Å². The summed E-state index contributed by atoms with van der Waals surface area (Å²) in [5, 5.41) is 0. The molecule has 0 fully saturated rings. The lowest BCUT2D eigenvalue weighted by molar-refractivity contribution is 0.111. The van der Waals surface area contributed by atoms with E-state index >= 15 is 0 Å². The van der Waals surface area contributed by atoms with Crippen molar-refractivity contribution in [3.63, 3.8) is 0 Å². The average molecular weight is 296 g/mol. The maximum Gasteiger partial charge on any atom is 0.150 e. The Morgan fingerprint density at radius 1 is 0.636 bits per heavy atom. The van der Waals surface area contributed by atoms with Crippen LogP contribution in [0.25, 0.3) is 0 Å². The van der Waals surface area contributed by atoms with E-state index in [-0.39, 0.29) is 0 Å². The van der Waals surface area contributed by atoms with Gasteiger partial charge in [0.05, 0.1) is 0 Å². The summed E-state index contributed by atoms with van der Waals surface area (Å²) in [6.45, 7) is 0.849. The molecule has 22 heavy (non-hydrogen) atoms. The topological polar surface area (TPSA) is 52.6 Å². The number of benzene rings is 2. The molecule has 0 aliphatic carbocycles. The predicted molar refractivity (Wildman–Crippen MR) is 83.8 cm³/mol. The minimum Gasteiger partial charge on any atom is -0.490 e. The Labute approximate surface area is 129 Å².